The summed E-state index contributed by atoms with van der Waals surface area (Å²) in [6, 6.07) is 10.9. The number of benzene rings is 1. The molecule has 0 spiro atoms. The Bertz CT molecular complexity index is 891. The molecule has 0 amide bonds. The fourth-order valence-corrected chi connectivity index (χ4v) is 4.73. The molecule has 2 aromatic rings. The van der Waals surface area contributed by atoms with Crippen molar-refractivity contribution in [3.05, 3.63) is 58.4 Å². The van der Waals surface area contributed by atoms with Gasteiger partial charge in [-0.3, -0.25) is 4.57 Å². The lowest BCUT2D eigenvalue weighted by atomic mass is 9.89. The molecular formula is C21H24ClN5. The molecular weight excluding hydrogens is 358 g/mol. The van der Waals surface area contributed by atoms with E-state index in [1.807, 2.05) is 0 Å². The number of nitrogens with one attached hydrogen (secondary N) is 1. The van der Waals surface area contributed by atoms with E-state index < -0.39 is 0 Å². The van der Waals surface area contributed by atoms with E-state index in [9.17, 15) is 0 Å². The smallest absolute Gasteiger partial charge is 0.231 e. The molecule has 6 heteroatoms. The van der Waals surface area contributed by atoms with Crippen LogP contribution in [0.2, 0.25) is 0 Å². The van der Waals surface area contributed by atoms with E-state index in [0.717, 1.165) is 68.7 Å². The normalized spacial score (nSPS) is 20.8. The summed E-state index contributed by atoms with van der Waals surface area (Å²) in [6.45, 7) is 3.62. The molecule has 0 radical (unpaired) electrons. The van der Waals surface area contributed by atoms with Crippen LogP contribution in [0, 0.1) is 0 Å². The van der Waals surface area contributed by atoms with Gasteiger partial charge < -0.3 is 10.2 Å². The van der Waals surface area contributed by atoms with E-state index in [2.05, 4.69) is 61.4 Å². The van der Waals surface area contributed by atoms with Gasteiger partial charge in [0, 0.05) is 30.4 Å². The first-order chi connectivity index (χ1) is 13.3. The van der Waals surface area contributed by atoms with Crippen LogP contribution in [0.15, 0.2) is 47.0 Å². The number of hydrogen-bond donors (Lipinski definition) is 1. The van der Waals surface area contributed by atoms with Gasteiger partial charge in [0.1, 0.15) is 0 Å². The van der Waals surface area contributed by atoms with Crippen LogP contribution in [0.4, 0.5) is 5.95 Å². The lowest BCUT2D eigenvalue weighted by Gasteiger charge is -2.33. The third-order valence-corrected chi connectivity index (χ3v) is 6.23. The highest BCUT2D eigenvalue weighted by Gasteiger charge is 2.28. The Labute approximate surface area is 164 Å². The molecule has 1 aromatic heterocycles. The molecule has 140 valence electrons. The largest absolute Gasteiger partial charge is 0.341 e. The van der Waals surface area contributed by atoms with Gasteiger partial charge in [0.25, 0.3) is 0 Å². The zero-order valence-corrected chi connectivity index (χ0v) is 16.1. The second-order valence-electron chi connectivity index (χ2n) is 7.59. The number of fused-ring (bicyclic) bond motifs is 2. The Balaban J connectivity index is 1.42. The molecule has 3 heterocycles. The van der Waals surface area contributed by atoms with Crippen molar-refractivity contribution in [3.63, 3.8) is 0 Å². The standard InChI is InChI=1S/C21H24ClN5/c22-18-6-7-19-17(12-18)13-23-14-20-24-25-21(27(19)20)26-10-8-16(9-11-26)15-4-2-1-3-5-15/h1-5,12,16,23H,6-11,13-14H2. The highest BCUT2D eigenvalue weighted by Crippen LogP contribution is 2.36. The van der Waals surface area contributed by atoms with E-state index in [4.69, 9.17) is 11.6 Å². The summed E-state index contributed by atoms with van der Waals surface area (Å²) >= 11 is 6.30. The Morgan fingerprint density at radius 2 is 1.81 bits per heavy atom. The van der Waals surface area contributed by atoms with E-state index >= 15 is 0 Å². The first-order valence-electron chi connectivity index (χ1n) is 9.83. The highest BCUT2D eigenvalue weighted by molar-refractivity contribution is 6.30. The van der Waals surface area contributed by atoms with Crippen LogP contribution < -0.4 is 10.2 Å². The van der Waals surface area contributed by atoms with E-state index in [1.165, 1.54) is 16.8 Å². The van der Waals surface area contributed by atoms with Crippen molar-refractivity contribution < 1.29 is 0 Å². The van der Waals surface area contributed by atoms with Crippen molar-refractivity contribution in [1.29, 1.82) is 0 Å². The lowest BCUT2D eigenvalue weighted by Crippen LogP contribution is -2.35. The molecule has 3 aliphatic rings. The van der Waals surface area contributed by atoms with E-state index in [-0.39, 0.29) is 0 Å². The molecule has 1 saturated heterocycles. The first-order valence-corrected chi connectivity index (χ1v) is 10.2. The Morgan fingerprint density at radius 3 is 2.63 bits per heavy atom. The van der Waals surface area contributed by atoms with Crippen LogP contribution in [-0.2, 0) is 6.54 Å². The van der Waals surface area contributed by atoms with Crippen molar-refractivity contribution in [2.75, 3.05) is 24.5 Å². The van der Waals surface area contributed by atoms with Crippen molar-refractivity contribution in [1.82, 2.24) is 20.1 Å². The number of allylic oxidation sites excluding steroid dienone is 2. The van der Waals surface area contributed by atoms with Gasteiger partial charge in [0.15, 0.2) is 5.82 Å². The number of rotatable bonds is 2. The van der Waals surface area contributed by atoms with E-state index in [1.54, 1.807) is 0 Å². The van der Waals surface area contributed by atoms with Gasteiger partial charge in [0.2, 0.25) is 5.95 Å². The number of nitrogens with zero attached hydrogens (tertiary/aromatic N) is 4. The van der Waals surface area contributed by atoms with Crippen LogP contribution >= 0.6 is 11.6 Å². The number of halogens is 1. The van der Waals surface area contributed by atoms with Gasteiger partial charge in [-0.25, -0.2) is 0 Å². The molecule has 5 rings (SSSR count). The molecule has 0 atom stereocenters. The predicted octanol–water partition coefficient (Wildman–Crippen LogP) is 3.89. The van der Waals surface area contributed by atoms with Gasteiger partial charge >= 0.3 is 0 Å². The second kappa shape index (κ2) is 7.13. The zero-order valence-electron chi connectivity index (χ0n) is 15.4. The number of aromatic nitrogens is 3. The average Bonchev–Trinajstić information content (AvgIpc) is 3.04. The maximum atomic E-state index is 6.30. The predicted molar refractivity (Wildman–Crippen MR) is 109 cm³/mol. The van der Waals surface area contributed by atoms with Crippen LogP contribution in [0.3, 0.4) is 0 Å². The summed E-state index contributed by atoms with van der Waals surface area (Å²) in [5.41, 5.74) is 4.04. The summed E-state index contributed by atoms with van der Waals surface area (Å²) in [5.74, 6) is 2.65. The SMILES string of the molecule is ClC1=CC2=C(CC1)n1c(nnc1N1CCC(c3ccccc3)CC1)CNC2. The molecule has 0 bridgehead atoms. The van der Waals surface area contributed by atoms with Crippen LogP contribution in [0.25, 0.3) is 5.70 Å². The number of hydrogen-bond acceptors (Lipinski definition) is 4. The average molecular weight is 382 g/mol. The zero-order chi connectivity index (χ0) is 18.2. The van der Waals surface area contributed by atoms with Crippen molar-refractivity contribution >= 4 is 23.2 Å². The van der Waals surface area contributed by atoms with Crippen LogP contribution in [0.5, 0.6) is 0 Å². The third kappa shape index (κ3) is 3.19. The Hall–Kier alpha value is -2.11. The maximum Gasteiger partial charge on any atom is 0.231 e. The first kappa shape index (κ1) is 17.0. The van der Waals surface area contributed by atoms with E-state index in [0.29, 0.717) is 5.92 Å². The molecule has 5 nitrogen and oxygen atoms in total. The fourth-order valence-electron chi connectivity index (χ4n) is 4.50. The Morgan fingerprint density at radius 1 is 1.00 bits per heavy atom. The molecule has 27 heavy (non-hydrogen) atoms. The van der Waals surface area contributed by atoms with Crippen LogP contribution in [-0.4, -0.2) is 34.4 Å². The summed E-state index contributed by atoms with van der Waals surface area (Å²) in [4.78, 5) is 2.41. The fraction of sp³-hybridized carbons (Fsp3) is 0.429. The van der Waals surface area contributed by atoms with Gasteiger partial charge in [-0.1, -0.05) is 41.9 Å². The third-order valence-electron chi connectivity index (χ3n) is 5.93. The summed E-state index contributed by atoms with van der Waals surface area (Å²) in [5, 5.41) is 13.5. The number of piperidine rings is 1. The highest BCUT2D eigenvalue weighted by atomic mass is 35.5. The van der Waals surface area contributed by atoms with Crippen molar-refractivity contribution in [2.45, 2.75) is 38.1 Å². The molecule has 1 aliphatic carbocycles. The minimum absolute atomic E-state index is 0.641. The molecule has 2 aliphatic heterocycles. The quantitative estimate of drug-likeness (QED) is 0.857. The molecule has 0 unspecified atom stereocenters. The number of anilines is 1. The minimum Gasteiger partial charge on any atom is -0.341 e. The van der Waals surface area contributed by atoms with Gasteiger partial charge in [0.05, 0.1) is 6.54 Å². The monoisotopic (exact) mass is 381 g/mol. The molecule has 1 N–H and O–H groups in total. The van der Waals surface area contributed by atoms with Gasteiger partial charge in [-0.2, -0.15) is 0 Å². The van der Waals surface area contributed by atoms with Gasteiger partial charge in [-0.15, -0.1) is 10.2 Å². The summed E-state index contributed by atoms with van der Waals surface area (Å²) in [7, 11) is 0. The lowest BCUT2D eigenvalue weighted by molar-refractivity contribution is 0.497. The molecule has 1 fully saturated rings. The van der Waals surface area contributed by atoms with Gasteiger partial charge in [-0.05, 0) is 48.8 Å². The molecule has 0 saturated carbocycles. The topological polar surface area (TPSA) is 46.0 Å². The summed E-state index contributed by atoms with van der Waals surface area (Å²) in [6.07, 6.45) is 6.27. The molecule has 1 aromatic carbocycles. The van der Waals surface area contributed by atoms with Crippen LogP contribution in [0.1, 0.15) is 43.0 Å². The van der Waals surface area contributed by atoms with Crippen molar-refractivity contribution in [2.24, 2.45) is 0 Å². The summed E-state index contributed by atoms with van der Waals surface area (Å²) < 4.78 is 2.29. The second-order valence-corrected chi connectivity index (χ2v) is 8.08. The maximum absolute atomic E-state index is 6.30. The Kier molecular flexibility index (Phi) is 4.50. The minimum atomic E-state index is 0.641. The van der Waals surface area contributed by atoms with Crippen molar-refractivity contribution in [3.8, 4) is 0 Å².